The van der Waals surface area contributed by atoms with E-state index >= 15 is 0 Å². The van der Waals surface area contributed by atoms with Crippen LogP contribution in [0, 0.1) is 0 Å². The summed E-state index contributed by atoms with van der Waals surface area (Å²) >= 11 is 1.12. The van der Waals surface area contributed by atoms with Crippen LogP contribution in [-0.4, -0.2) is 34.0 Å². The minimum absolute atomic E-state index is 0.00303. The average Bonchev–Trinajstić information content (AvgIpc) is 2.98. The van der Waals surface area contributed by atoms with Gasteiger partial charge in [-0.05, 0) is 35.9 Å². The highest BCUT2D eigenvalue weighted by atomic mass is 32.2. The van der Waals surface area contributed by atoms with E-state index in [2.05, 4.69) is 15.0 Å². The first-order chi connectivity index (χ1) is 13.0. The number of nitrogens with two attached hydrogens (primary N) is 1. The van der Waals surface area contributed by atoms with Gasteiger partial charge in [0.2, 0.25) is 20.0 Å². The quantitative estimate of drug-likeness (QED) is 0.525. The summed E-state index contributed by atoms with van der Waals surface area (Å²) in [4.78, 5) is 16.5. The molecular weight excluding hydrogens is 424 g/mol. The number of nitrogens with one attached hydrogen (secondary N) is 2. The Labute approximate surface area is 165 Å². The Morgan fingerprint density at radius 2 is 1.79 bits per heavy atom. The zero-order valence-electron chi connectivity index (χ0n) is 14.5. The maximum atomic E-state index is 12.4. The van der Waals surface area contributed by atoms with E-state index in [1.54, 1.807) is 30.3 Å². The van der Waals surface area contributed by atoms with Crippen LogP contribution in [-0.2, 0) is 26.6 Å². The highest BCUT2D eigenvalue weighted by Gasteiger charge is 2.12. The van der Waals surface area contributed by atoms with Crippen molar-refractivity contribution in [3.8, 4) is 0 Å². The van der Waals surface area contributed by atoms with Crippen molar-refractivity contribution in [2.45, 2.75) is 11.4 Å². The Morgan fingerprint density at radius 1 is 1.11 bits per heavy atom. The third-order valence-corrected chi connectivity index (χ3v) is 6.18. The van der Waals surface area contributed by atoms with Crippen molar-refractivity contribution in [2.75, 3.05) is 11.0 Å². The first-order valence-corrected chi connectivity index (χ1v) is 12.0. The van der Waals surface area contributed by atoms with Crippen LogP contribution in [0.2, 0.25) is 0 Å². The molecule has 0 radical (unpaired) electrons. The molecule has 0 fully saturated rings. The lowest BCUT2D eigenvalue weighted by molar-refractivity contribution is 0.0951. The molecule has 0 saturated carbocycles. The van der Waals surface area contributed by atoms with Crippen molar-refractivity contribution in [1.29, 1.82) is 0 Å². The molecule has 1 amide bonds. The Kier molecular flexibility index (Phi) is 5.39. The molecule has 3 rings (SSSR count). The molecule has 9 nitrogen and oxygen atoms in total. The highest BCUT2D eigenvalue weighted by molar-refractivity contribution is 7.92. The number of hydrogen-bond acceptors (Lipinski definition) is 7. The number of anilines is 1. The van der Waals surface area contributed by atoms with Gasteiger partial charge in [-0.3, -0.25) is 9.52 Å². The van der Waals surface area contributed by atoms with Gasteiger partial charge in [0.25, 0.3) is 5.91 Å². The summed E-state index contributed by atoms with van der Waals surface area (Å²) in [6.45, 7) is 0.200. The van der Waals surface area contributed by atoms with Gasteiger partial charge in [0.1, 0.15) is 0 Å². The Morgan fingerprint density at radius 3 is 2.39 bits per heavy atom. The van der Waals surface area contributed by atoms with E-state index in [9.17, 15) is 21.6 Å². The van der Waals surface area contributed by atoms with Gasteiger partial charge in [0.05, 0.1) is 21.4 Å². The zero-order valence-corrected chi connectivity index (χ0v) is 17.0. The molecule has 0 bridgehead atoms. The zero-order chi connectivity index (χ0) is 20.5. The van der Waals surface area contributed by atoms with Gasteiger partial charge in [-0.15, -0.1) is 0 Å². The van der Waals surface area contributed by atoms with Gasteiger partial charge >= 0.3 is 0 Å². The van der Waals surface area contributed by atoms with Crippen LogP contribution in [0.25, 0.3) is 10.2 Å². The minimum Gasteiger partial charge on any atom is -0.348 e. The summed E-state index contributed by atoms with van der Waals surface area (Å²) in [5, 5.41) is 8.01. The molecule has 1 heterocycles. The molecule has 3 aromatic rings. The molecule has 4 N–H and O–H groups in total. The number of hydrogen-bond donors (Lipinski definition) is 3. The molecule has 0 saturated heterocycles. The molecule has 1 aromatic heterocycles. The molecule has 148 valence electrons. The summed E-state index contributed by atoms with van der Waals surface area (Å²) in [7, 11) is -7.19. The van der Waals surface area contributed by atoms with Crippen LogP contribution in [0.3, 0.4) is 0 Å². The number of sulfonamides is 2. The molecular formula is C16H16N4O5S3. The van der Waals surface area contributed by atoms with Crippen molar-refractivity contribution in [3.05, 3.63) is 53.6 Å². The fraction of sp³-hybridized carbons (Fsp3) is 0.125. The number of thiazole rings is 1. The predicted molar refractivity (Wildman–Crippen MR) is 107 cm³/mol. The van der Waals surface area contributed by atoms with Gasteiger partial charge in [-0.25, -0.2) is 27.0 Å². The molecule has 0 atom stereocenters. The predicted octanol–water partition coefficient (Wildman–Crippen LogP) is 1.25. The van der Waals surface area contributed by atoms with Gasteiger partial charge < -0.3 is 5.32 Å². The average molecular weight is 441 g/mol. The van der Waals surface area contributed by atoms with E-state index in [0.717, 1.165) is 17.6 Å². The normalized spacial score (nSPS) is 12.1. The highest BCUT2D eigenvalue weighted by Crippen LogP contribution is 2.27. The van der Waals surface area contributed by atoms with Gasteiger partial charge in [0, 0.05) is 12.1 Å². The van der Waals surface area contributed by atoms with Crippen LogP contribution >= 0.6 is 11.3 Å². The summed E-state index contributed by atoms with van der Waals surface area (Å²) < 4.78 is 48.1. The van der Waals surface area contributed by atoms with E-state index in [0.29, 0.717) is 21.3 Å². The number of benzene rings is 2. The monoisotopic (exact) mass is 440 g/mol. The minimum atomic E-state index is -3.76. The molecule has 0 spiro atoms. The lowest BCUT2D eigenvalue weighted by Gasteiger charge is -2.06. The smallest absolute Gasteiger partial charge is 0.251 e. The Balaban J connectivity index is 1.71. The van der Waals surface area contributed by atoms with Gasteiger partial charge in [-0.1, -0.05) is 23.5 Å². The van der Waals surface area contributed by atoms with E-state index in [-0.39, 0.29) is 22.5 Å². The van der Waals surface area contributed by atoms with Crippen molar-refractivity contribution >= 4 is 52.6 Å². The molecule has 0 aliphatic carbocycles. The second kappa shape index (κ2) is 7.47. The fourth-order valence-electron chi connectivity index (χ4n) is 2.35. The van der Waals surface area contributed by atoms with Gasteiger partial charge in [0.15, 0.2) is 5.13 Å². The van der Waals surface area contributed by atoms with E-state index in [4.69, 9.17) is 5.14 Å². The second-order valence-corrected chi connectivity index (χ2v) is 10.3. The van der Waals surface area contributed by atoms with Crippen LogP contribution in [0.15, 0.2) is 47.4 Å². The maximum Gasteiger partial charge on any atom is 0.251 e. The number of fused-ring (bicyclic) bond motifs is 1. The lowest BCUT2D eigenvalue weighted by Crippen LogP contribution is -2.22. The van der Waals surface area contributed by atoms with Crippen molar-refractivity contribution in [1.82, 2.24) is 10.3 Å². The molecule has 0 unspecified atom stereocenters. The van der Waals surface area contributed by atoms with Crippen molar-refractivity contribution in [2.24, 2.45) is 5.14 Å². The number of rotatable bonds is 6. The fourth-order valence-corrected chi connectivity index (χ4v) is 4.61. The third kappa shape index (κ3) is 5.04. The van der Waals surface area contributed by atoms with Crippen LogP contribution in [0.1, 0.15) is 15.9 Å². The number of carbonyl (C=O) groups is 1. The Hall–Kier alpha value is -2.54. The lowest BCUT2D eigenvalue weighted by atomic mass is 10.2. The maximum absolute atomic E-state index is 12.4. The van der Waals surface area contributed by atoms with Crippen molar-refractivity contribution in [3.63, 3.8) is 0 Å². The van der Waals surface area contributed by atoms with E-state index in [1.807, 2.05) is 0 Å². The number of nitrogens with zero attached hydrogens (tertiary/aromatic N) is 1. The number of amides is 1. The third-order valence-electron chi connectivity index (χ3n) is 3.63. The van der Waals surface area contributed by atoms with Gasteiger partial charge in [-0.2, -0.15) is 0 Å². The molecule has 0 aliphatic heterocycles. The molecule has 2 aromatic carbocycles. The van der Waals surface area contributed by atoms with Crippen LogP contribution in [0.5, 0.6) is 0 Å². The van der Waals surface area contributed by atoms with Crippen LogP contribution < -0.4 is 15.2 Å². The molecule has 28 heavy (non-hydrogen) atoms. The molecule has 0 aliphatic rings. The first-order valence-electron chi connectivity index (χ1n) is 7.79. The number of primary sulfonamides is 1. The first kappa shape index (κ1) is 20.2. The van der Waals surface area contributed by atoms with Crippen molar-refractivity contribution < 1.29 is 21.6 Å². The summed E-state index contributed by atoms with van der Waals surface area (Å²) in [5.74, 6) is -0.330. The van der Waals surface area contributed by atoms with E-state index in [1.165, 1.54) is 12.1 Å². The van der Waals surface area contributed by atoms with E-state index < -0.39 is 20.0 Å². The summed E-state index contributed by atoms with van der Waals surface area (Å²) in [6.07, 6.45) is 1.04. The number of aromatic nitrogens is 1. The Bertz CT molecular complexity index is 1250. The second-order valence-electron chi connectivity index (χ2n) is 5.95. The number of carbonyl (C=O) groups excluding carboxylic acids is 1. The van der Waals surface area contributed by atoms with Crippen LogP contribution in [0.4, 0.5) is 5.13 Å². The topological polar surface area (TPSA) is 148 Å². The largest absolute Gasteiger partial charge is 0.348 e. The standard InChI is InChI=1S/C16H16N4O5S3/c1-27(22,23)20-16-19-13-7-4-11(8-14(13)26-16)15(21)18-9-10-2-5-12(6-3-10)28(17,24)25/h2-8H,9H2,1H3,(H,18,21)(H,19,20)(H2,17,24,25). The SMILES string of the molecule is CS(=O)(=O)Nc1nc2ccc(C(=O)NCc3ccc(S(N)(=O)=O)cc3)cc2s1. The summed E-state index contributed by atoms with van der Waals surface area (Å²) in [6, 6.07) is 10.7. The molecule has 12 heteroatoms. The summed E-state index contributed by atoms with van der Waals surface area (Å²) in [5.41, 5.74) is 1.67.